The highest BCUT2D eigenvalue weighted by Gasteiger charge is 2.47. The molecule has 0 unspecified atom stereocenters. The first-order chi connectivity index (χ1) is 8.57. The fraction of sp³-hybridized carbons (Fsp3) is 0.500. The van der Waals surface area contributed by atoms with Crippen molar-refractivity contribution < 1.29 is 4.39 Å². The summed E-state index contributed by atoms with van der Waals surface area (Å²) in [6.45, 7) is 4.87. The lowest BCUT2D eigenvalue weighted by Crippen LogP contribution is -2.25. The Morgan fingerprint density at radius 3 is 2.72 bits per heavy atom. The summed E-state index contributed by atoms with van der Waals surface area (Å²) in [5, 5.41) is 0. The fourth-order valence-corrected chi connectivity index (χ4v) is 2.64. The third kappa shape index (κ3) is 1.56. The molecule has 18 heavy (non-hydrogen) atoms. The zero-order valence-electron chi connectivity index (χ0n) is 10.8. The highest BCUT2D eigenvalue weighted by molar-refractivity contribution is 5.76. The van der Waals surface area contributed by atoms with Crippen molar-refractivity contribution >= 4 is 11.0 Å². The molecule has 3 nitrogen and oxygen atoms in total. The van der Waals surface area contributed by atoms with Gasteiger partial charge < -0.3 is 10.3 Å². The highest BCUT2D eigenvalue weighted by Crippen LogP contribution is 2.48. The van der Waals surface area contributed by atoms with Gasteiger partial charge >= 0.3 is 0 Å². The van der Waals surface area contributed by atoms with Crippen LogP contribution in [0.2, 0.25) is 0 Å². The van der Waals surface area contributed by atoms with Crippen LogP contribution >= 0.6 is 0 Å². The first kappa shape index (κ1) is 11.7. The Morgan fingerprint density at radius 2 is 2.17 bits per heavy atom. The van der Waals surface area contributed by atoms with Crippen LogP contribution < -0.4 is 5.73 Å². The summed E-state index contributed by atoms with van der Waals surface area (Å²) < 4.78 is 15.5. The monoisotopic (exact) mass is 247 g/mol. The summed E-state index contributed by atoms with van der Waals surface area (Å²) in [5.74, 6) is 0.792. The fourth-order valence-electron chi connectivity index (χ4n) is 2.64. The van der Waals surface area contributed by atoms with Crippen molar-refractivity contribution in [2.45, 2.75) is 38.1 Å². The van der Waals surface area contributed by atoms with Crippen LogP contribution in [0.25, 0.3) is 11.0 Å². The molecular weight excluding hydrogens is 229 g/mol. The molecule has 96 valence electrons. The summed E-state index contributed by atoms with van der Waals surface area (Å²) >= 11 is 0. The number of fused-ring (bicyclic) bond motifs is 1. The smallest absolute Gasteiger partial charge is 0.125 e. The number of nitrogens with two attached hydrogens (primary N) is 1. The predicted molar refractivity (Wildman–Crippen MR) is 70.0 cm³/mol. The largest absolute Gasteiger partial charge is 0.329 e. The lowest BCUT2D eigenvalue weighted by molar-refractivity contribution is 0.530. The van der Waals surface area contributed by atoms with Crippen molar-refractivity contribution in [1.82, 2.24) is 9.55 Å². The summed E-state index contributed by atoms with van der Waals surface area (Å²) in [5.41, 5.74) is 7.66. The number of rotatable bonds is 3. The molecule has 1 aromatic carbocycles. The molecule has 3 rings (SSSR count). The van der Waals surface area contributed by atoms with Gasteiger partial charge in [-0.2, -0.15) is 0 Å². The SMILES string of the molecule is CC(C)n1c(C2(CN)CC2)nc2cc(F)ccc21. The van der Waals surface area contributed by atoms with Crippen molar-refractivity contribution in [3.05, 3.63) is 29.8 Å². The minimum atomic E-state index is -0.236. The standard InChI is InChI=1S/C14H18FN3/c1-9(2)18-12-4-3-10(15)7-11(12)17-13(18)14(8-16)5-6-14/h3-4,7,9H,5-6,8,16H2,1-2H3. The number of hydrogen-bond donors (Lipinski definition) is 1. The van der Waals surface area contributed by atoms with Gasteiger partial charge in [-0.3, -0.25) is 0 Å². The van der Waals surface area contributed by atoms with Crippen LogP contribution in [-0.2, 0) is 5.41 Å². The van der Waals surface area contributed by atoms with E-state index >= 15 is 0 Å². The molecule has 0 spiro atoms. The highest BCUT2D eigenvalue weighted by atomic mass is 19.1. The quantitative estimate of drug-likeness (QED) is 0.906. The van der Waals surface area contributed by atoms with E-state index in [9.17, 15) is 4.39 Å². The minimum Gasteiger partial charge on any atom is -0.329 e. The molecule has 1 saturated carbocycles. The Hall–Kier alpha value is -1.42. The van der Waals surface area contributed by atoms with E-state index in [1.807, 2.05) is 6.07 Å². The van der Waals surface area contributed by atoms with Gasteiger partial charge in [0.05, 0.1) is 11.0 Å². The predicted octanol–water partition coefficient (Wildman–Crippen LogP) is 2.75. The van der Waals surface area contributed by atoms with E-state index in [4.69, 9.17) is 5.73 Å². The Kier molecular flexibility index (Phi) is 2.45. The second-order valence-corrected chi connectivity index (χ2v) is 5.52. The van der Waals surface area contributed by atoms with Crippen LogP contribution in [-0.4, -0.2) is 16.1 Å². The third-order valence-electron chi connectivity index (χ3n) is 3.89. The molecule has 2 N–H and O–H groups in total. The maximum absolute atomic E-state index is 13.3. The van der Waals surface area contributed by atoms with Crippen LogP contribution in [0.1, 0.15) is 38.6 Å². The molecule has 0 aliphatic heterocycles. The van der Waals surface area contributed by atoms with E-state index in [1.54, 1.807) is 0 Å². The van der Waals surface area contributed by atoms with Crippen molar-refractivity contribution in [3.8, 4) is 0 Å². The van der Waals surface area contributed by atoms with E-state index in [1.165, 1.54) is 12.1 Å². The lowest BCUT2D eigenvalue weighted by atomic mass is 10.1. The van der Waals surface area contributed by atoms with Crippen LogP contribution in [0, 0.1) is 5.82 Å². The van der Waals surface area contributed by atoms with Gasteiger partial charge in [0.2, 0.25) is 0 Å². The first-order valence-corrected chi connectivity index (χ1v) is 6.45. The maximum atomic E-state index is 13.3. The van der Waals surface area contributed by atoms with Crippen molar-refractivity contribution in [2.24, 2.45) is 5.73 Å². The topological polar surface area (TPSA) is 43.8 Å². The van der Waals surface area contributed by atoms with E-state index in [0.717, 1.165) is 29.7 Å². The summed E-state index contributed by atoms with van der Waals surface area (Å²) in [4.78, 5) is 4.64. The van der Waals surface area contributed by atoms with E-state index in [0.29, 0.717) is 12.6 Å². The zero-order valence-corrected chi connectivity index (χ0v) is 10.8. The van der Waals surface area contributed by atoms with Gasteiger partial charge in [-0.15, -0.1) is 0 Å². The minimum absolute atomic E-state index is 0.0275. The molecule has 0 atom stereocenters. The summed E-state index contributed by atoms with van der Waals surface area (Å²) in [6.07, 6.45) is 2.17. The normalized spacial score (nSPS) is 17.6. The van der Waals surface area contributed by atoms with Crippen LogP contribution in [0.4, 0.5) is 4.39 Å². The van der Waals surface area contributed by atoms with E-state index in [-0.39, 0.29) is 11.2 Å². The third-order valence-corrected chi connectivity index (χ3v) is 3.89. The Labute approximate surface area is 106 Å². The van der Waals surface area contributed by atoms with E-state index in [2.05, 4.69) is 23.4 Å². The molecule has 1 aliphatic rings. The molecule has 0 saturated heterocycles. The first-order valence-electron chi connectivity index (χ1n) is 6.45. The van der Waals surface area contributed by atoms with Gasteiger partial charge in [-0.1, -0.05) is 0 Å². The van der Waals surface area contributed by atoms with Crippen molar-refractivity contribution in [3.63, 3.8) is 0 Å². The lowest BCUT2D eigenvalue weighted by Gasteiger charge is -2.18. The maximum Gasteiger partial charge on any atom is 0.125 e. The summed E-state index contributed by atoms with van der Waals surface area (Å²) in [6, 6.07) is 5.12. The second kappa shape index (κ2) is 3.79. The Morgan fingerprint density at radius 1 is 1.44 bits per heavy atom. The van der Waals surface area contributed by atoms with Gasteiger partial charge in [0, 0.05) is 24.1 Å². The molecule has 1 aromatic heterocycles. The number of imidazole rings is 1. The van der Waals surface area contributed by atoms with Gasteiger partial charge in [0.1, 0.15) is 11.6 Å². The molecular formula is C14H18FN3. The molecule has 1 aliphatic carbocycles. The van der Waals surface area contributed by atoms with E-state index < -0.39 is 0 Å². The molecule has 2 aromatic rings. The van der Waals surface area contributed by atoms with Gasteiger partial charge in [-0.25, -0.2) is 9.37 Å². The van der Waals surface area contributed by atoms with Crippen LogP contribution in [0.15, 0.2) is 18.2 Å². The van der Waals surface area contributed by atoms with Crippen LogP contribution in [0.3, 0.4) is 0 Å². The molecule has 0 radical (unpaired) electrons. The summed E-state index contributed by atoms with van der Waals surface area (Å²) in [7, 11) is 0. The number of hydrogen-bond acceptors (Lipinski definition) is 2. The number of aromatic nitrogens is 2. The van der Waals surface area contributed by atoms with Gasteiger partial charge in [0.25, 0.3) is 0 Å². The number of benzene rings is 1. The Balaban J connectivity index is 2.27. The van der Waals surface area contributed by atoms with Gasteiger partial charge in [0.15, 0.2) is 0 Å². The number of halogens is 1. The average molecular weight is 247 g/mol. The van der Waals surface area contributed by atoms with Crippen molar-refractivity contribution in [1.29, 1.82) is 0 Å². The molecule has 1 heterocycles. The zero-order chi connectivity index (χ0) is 12.9. The number of nitrogens with zero attached hydrogens (tertiary/aromatic N) is 2. The van der Waals surface area contributed by atoms with Gasteiger partial charge in [-0.05, 0) is 38.8 Å². The van der Waals surface area contributed by atoms with Crippen LogP contribution in [0.5, 0.6) is 0 Å². The van der Waals surface area contributed by atoms with Crippen molar-refractivity contribution in [2.75, 3.05) is 6.54 Å². The second-order valence-electron chi connectivity index (χ2n) is 5.52. The average Bonchev–Trinajstić information content (AvgIpc) is 3.03. The molecule has 0 bridgehead atoms. The molecule has 4 heteroatoms. The molecule has 0 amide bonds. The molecule has 1 fully saturated rings. The Bertz CT molecular complexity index is 596.